The Kier molecular flexibility index (Phi) is 4.58. The van der Waals surface area contributed by atoms with Gasteiger partial charge in [-0.05, 0) is 30.5 Å². The third-order valence-corrected chi connectivity index (χ3v) is 8.19. The van der Waals surface area contributed by atoms with E-state index < -0.39 is 10.0 Å². The molecule has 0 radical (unpaired) electrons. The van der Waals surface area contributed by atoms with Crippen LogP contribution in [0.4, 0.5) is 0 Å². The first-order chi connectivity index (χ1) is 14.5. The lowest BCUT2D eigenvalue weighted by molar-refractivity contribution is 0.416. The summed E-state index contributed by atoms with van der Waals surface area (Å²) in [7, 11) is -0.248. The van der Waals surface area contributed by atoms with Crippen molar-refractivity contribution in [3.63, 3.8) is 0 Å². The summed E-state index contributed by atoms with van der Waals surface area (Å²) in [4.78, 5) is 0.189. The van der Waals surface area contributed by atoms with Crippen LogP contribution in [-0.2, 0) is 23.5 Å². The maximum absolute atomic E-state index is 13.6. The van der Waals surface area contributed by atoms with Gasteiger partial charge >= 0.3 is 0 Å². The van der Waals surface area contributed by atoms with Gasteiger partial charge in [-0.25, -0.2) is 0 Å². The number of aryl methyl sites for hydroxylation is 1. The van der Waals surface area contributed by atoms with Gasteiger partial charge in [-0.3, -0.25) is 0 Å². The Morgan fingerprint density at radius 1 is 1.19 bits per heavy atom. The van der Waals surface area contributed by atoms with E-state index in [0.29, 0.717) is 17.3 Å². The Morgan fingerprint density at radius 3 is 2.81 bits per heavy atom. The molecule has 2 atom stereocenters. The average molecular weight is 459 g/mol. The SMILES string of the molecule is COc1cc(S(=O)(=O)n2ncc3ccccc32)cc2c3c(n(C)c12)CC1CCC3N1.Cl. The van der Waals surface area contributed by atoms with E-state index in [9.17, 15) is 8.42 Å². The third kappa shape index (κ3) is 2.75. The molecule has 0 aliphatic carbocycles. The molecule has 0 amide bonds. The molecule has 0 spiro atoms. The molecule has 0 saturated carbocycles. The minimum Gasteiger partial charge on any atom is -0.495 e. The zero-order chi connectivity index (χ0) is 20.6. The molecule has 4 heterocycles. The quantitative estimate of drug-likeness (QED) is 0.508. The summed E-state index contributed by atoms with van der Waals surface area (Å²) >= 11 is 0. The van der Waals surface area contributed by atoms with Crippen LogP contribution in [0.3, 0.4) is 0 Å². The fourth-order valence-corrected chi connectivity index (χ4v) is 6.54. The third-order valence-electron chi connectivity index (χ3n) is 6.61. The van der Waals surface area contributed by atoms with E-state index in [1.807, 2.05) is 25.2 Å². The van der Waals surface area contributed by atoms with Crippen molar-refractivity contribution in [3.8, 4) is 5.75 Å². The van der Waals surface area contributed by atoms with Crippen molar-refractivity contribution in [2.24, 2.45) is 7.05 Å². The van der Waals surface area contributed by atoms with Crippen LogP contribution in [0.5, 0.6) is 5.75 Å². The van der Waals surface area contributed by atoms with E-state index >= 15 is 0 Å². The monoisotopic (exact) mass is 458 g/mol. The molecule has 9 heteroatoms. The Hall–Kier alpha value is -2.55. The number of benzene rings is 2. The molecule has 1 fully saturated rings. The first-order valence-corrected chi connectivity index (χ1v) is 11.6. The van der Waals surface area contributed by atoms with Crippen LogP contribution in [-0.4, -0.2) is 35.3 Å². The maximum Gasteiger partial charge on any atom is 0.283 e. The second-order valence-electron chi connectivity index (χ2n) is 8.19. The summed E-state index contributed by atoms with van der Waals surface area (Å²) in [5, 5.41) is 9.59. The van der Waals surface area contributed by atoms with Crippen molar-refractivity contribution in [2.75, 3.05) is 7.11 Å². The number of methoxy groups -OCH3 is 1. The van der Waals surface area contributed by atoms with E-state index in [0.717, 1.165) is 39.6 Å². The highest BCUT2D eigenvalue weighted by Crippen LogP contribution is 2.44. The molecule has 1 saturated heterocycles. The summed E-state index contributed by atoms with van der Waals surface area (Å²) in [6, 6.07) is 11.5. The second kappa shape index (κ2) is 6.98. The molecule has 2 aromatic heterocycles. The van der Waals surface area contributed by atoms with E-state index in [1.54, 1.807) is 31.5 Å². The van der Waals surface area contributed by atoms with E-state index in [4.69, 9.17) is 4.74 Å². The molecule has 1 N–H and O–H groups in total. The first-order valence-electron chi connectivity index (χ1n) is 10.1. The predicted octanol–water partition coefficient (Wildman–Crippen LogP) is 3.54. The van der Waals surface area contributed by atoms with Gasteiger partial charge in [-0.15, -0.1) is 12.4 Å². The molecule has 2 bridgehead atoms. The second-order valence-corrected chi connectivity index (χ2v) is 9.96. The van der Waals surface area contributed by atoms with Gasteiger partial charge in [0.15, 0.2) is 0 Å². The summed E-state index contributed by atoms with van der Waals surface area (Å²) in [6.07, 6.45) is 4.75. The molecule has 2 aliphatic rings. The van der Waals surface area contributed by atoms with Crippen LogP contribution < -0.4 is 10.1 Å². The largest absolute Gasteiger partial charge is 0.495 e. The van der Waals surface area contributed by atoms with E-state index in [2.05, 4.69) is 15.0 Å². The number of rotatable bonds is 3. The normalized spacial score (nSPS) is 20.1. The van der Waals surface area contributed by atoms with Crippen LogP contribution >= 0.6 is 12.4 Å². The van der Waals surface area contributed by atoms with Crippen LogP contribution in [0.25, 0.3) is 21.8 Å². The lowest BCUT2D eigenvalue weighted by Crippen LogP contribution is -2.32. The first kappa shape index (κ1) is 20.4. The molecule has 7 nitrogen and oxygen atoms in total. The van der Waals surface area contributed by atoms with E-state index in [1.165, 1.54) is 11.3 Å². The summed E-state index contributed by atoms with van der Waals surface area (Å²) in [6.45, 7) is 0. The minimum atomic E-state index is -3.88. The Morgan fingerprint density at radius 2 is 2.00 bits per heavy atom. The summed E-state index contributed by atoms with van der Waals surface area (Å²) < 4.78 is 36.1. The Bertz CT molecular complexity index is 1440. The highest BCUT2D eigenvalue weighted by molar-refractivity contribution is 7.90. The number of nitrogens with one attached hydrogen (secondary N) is 1. The van der Waals surface area contributed by atoms with E-state index in [-0.39, 0.29) is 23.3 Å². The summed E-state index contributed by atoms with van der Waals surface area (Å²) in [5.74, 6) is 0.565. The van der Waals surface area contributed by atoms with Crippen molar-refractivity contribution >= 4 is 44.2 Å². The smallest absolute Gasteiger partial charge is 0.283 e. The molecule has 4 aromatic rings. The number of hydrogen-bond acceptors (Lipinski definition) is 5. The van der Waals surface area contributed by atoms with Crippen LogP contribution in [0.2, 0.25) is 0 Å². The average Bonchev–Trinajstić information content (AvgIpc) is 3.43. The van der Waals surface area contributed by atoms with Crippen LogP contribution in [0.1, 0.15) is 30.1 Å². The minimum absolute atomic E-state index is 0. The van der Waals surface area contributed by atoms with Crippen LogP contribution in [0.15, 0.2) is 47.5 Å². The van der Waals surface area contributed by atoms with Gasteiger partial charge in [-0.2, -0.15) is 17.6 Å². The molecule has 2 unspecified atom stereocenters. The van der Waals surface area contributed by atoms with Crippen molar-refractivity contribution < 1.29 is 13.2 Å². The van der Waals surface area contributed by atoms with Crippen molar-refractivity contribution in [1.29, 1.82) is 0 Å². The van der Waals surface area contributed by atoms with Gasteiger partial charge in [0.1, 0.15) is 5.75 Å². The van der Waals surface area contributed by atoms with Crippen molar-refractivity contribution in [3.05, 3.63) is 53.9 Å². The molecule has 31 heavy (non-hydrogen) atoms. The molecule has 6 rings (SSSR count). The van der Waals surface area contributed by atoms with Gasteiger partial charge in [-0.1, -0.05) is 18.2 Å². The zero-order valence-electron chi connectivity index (χ0n) is 17.2. The standard InChI is InChI=1S/C22H22N4O3S.ClH/c1-25-19-9-14-7-8-17(24-14)21(19)16-10-15(11-20(29-2)22(16)25)30(27,28)26-18-6-4-3-5-13(18)12-23-26;/h3-6,10-12,14,17,24H,7-9H2,1-2H3;1H. The number of aromatic nitrogens is 3. The number of para-hydroxylation sites is 1. The topological polar surface area (TPSA) is 78.2 Å². The van der Waals surface area contributed by atoms with Crippen molar-refractivity contribution in [2.45, 2.75) is 36.2 Å². The molecule has 2 aliphatic heterocycles. The number of halogens is 1. The zero-order valence-corrected chi connectivity index (χ0v) is 18.8. The van der Waals surface area contributed by atoms with Crippen molar-refractivity contribution in [1.82, 2.24) is 19.1 Å². The fraction of sp³-hybridized carbons (Fsp3) is 0.318. The highest BCUT2D eigenvalue weighted by atomic mass is 35.5. The molecular formula is C22H23ClN4O3S. The van der Waals surface area contributed by atoms with Gasteiger partial charge in [0, 0.05) is 48.1 Å². The molecule has 2 aromatic carbocycles. The molecular weight excluding hydrogens is 436 g/mol. The van der Waals surface area contributed by atoms with Gasteiger partial charge in [0.05, 0.1) is 29.2 Å². The number of hydrogen-bond donors (Lipinski definition) is 1. The van der Waals surface area contributed by atoms with Gasteiger partial charge in [0.2, 0.25) is 0 Å². The van der Waals surface area contributed by atoms with Gasteiger partial charge in [0.25, 0.3) is 10.0 Å². The highest BCUT2D eigenvalue weighted by Gasteiger charge is 2.37. The number of nitrogens with zero attached hydrogens (tertiary/aromatic N) is 3. The number of fused-ring (bicyclic) bond motifs is 7. The number of ether oxygens (including phenoxy) is 1. The van der Waals surface area contributed by atoms with Gasteiger partial charge < -0.3 is 14.6 Å². The fourth-order valence-electron chi connectivity index (χ4n) is 5.23. The Balaban J connectivity index is 0.00000204. The predicted molar refractivity (Wildman–Crippen MR) is 122 cm³/mol. The molecule has 162 valence electrons. The lowest BCUT2D eigenvalue weighted by Gasteiger charge is -2.23. The lowest BCUT2D eigenvalue weighted by atomic mass is 9.99. The maximum atomic E-state index is 13.6. The summed E-state index contributed by atoms with van der Waals surface area (Å²) in [5.41, 5.74) is 3.99. The Labute approximate surface area is 186 Å². The van der Waals surface area contributed by atoms with Crippen LogP contribution in [0, 0.1) is 0 Å².